The number of hydrogen-bond acceptors (Lipinski definition) is 3. The first kappa shape index (κ1) is 13.8. The van der Waals surface area contributed by atoms with Crippen molar-refractivity contribution in [3.8, 4) is 0 Å². The standard InChI is InChI=1S/C14H22BrN3/c1-4-16-14-11(15)12(9(2)3)17-13(18-14)10-7-5-6-8-10/h9-10H,4-8H2,1-3H3,(H,16,17,18). The van der Waals surface area contributed by atoms with Gasteiger partial charge in [0.25, 0.3) is 0 Å². The summed E-state index contributed by atoms with van der Waals surface area (Å²) in [5.41, 5.74) is 1.13. The Bertz CT molecular complexity index is 412. The third kappa shape index (κ3) is 2.85. The normalized spacial score (nSPS) is 16.5. The molecule has 1 aromatic rings. The van der Waals surface area contributed by atoms with Crippen molar-refractivity contribution < 1.29 is 0 Å². The Morgan fingerprint density at radius 3 is 2.50 bits per heavy atom. The number of nitrogens with zero attached hydrogens (tertiary/aromatic N) is 2. The van der Waals surface area contributed by atoms with E-state index in [-0.39, 0.29) is 0 Å². The fourth-order valence-corrected chi connectivity index (χ4v) is 3.29. The first-order chi connectivity index (χ1) is 8.63. The third-order valence-corrected chi connectivity index (χ3v) is 4.29. The molecule has 0 aliphatic heterocycles. The summed E-state index contributed by atoms with van der Waals surface area (Å²) in [4.78, 5) is 9.52. The van der Waals surface area contributed by atoms with Crippen molar-refractivity contribution in [1.82, 2.24) is 9.97 Å². The molecule has 0 radical (unpaired) electrons. The molecule has 0 aromatic carbocycles. The van der Waals surface area contributed by atoms with Gasteiger partial charge in [0.15, 0.2) is 0 Å². The van der Waals surface area contributed by atoms with E-state index in [1.807, 2.05) is 0 Å². The average Bonchev–Trinajstić information content (AvgIpc) is 2.85. The molecule has 0 spiro atoms. The Morgan fingerprint density at radius 1 is 1.28 bits per heavy atom. The zero-order valence-corrected chi connectivity index (χ0v) is 13.0. The zero-order chi connectivity index (χ0) is 13.1. The highest BCUT2D eigenvalue weighted by molar-refractivity contribution is 9.10. The molecular weight excluding hydrogens is 290 g/mol. The summed E-state index contributed by atoms with van der Waals surface area (Å²) in [7, 11) is 0. The maximum atomic E-state index is 4.80. The number of rotatable bonds is 4. The molecule has 2 rings (SSSR count). The van der Waals surface area contributed by atoms with Gasteiger partial charge in [0, 0.05) is 12.5 Å². The smallest absolute Gasteiger partial charge is 0.144 e. The lowest BCUT2D eigenvalue weighted by atomic mass is 10.1. The van der Waals surface area contributed by atoms with Crippen LogP contribution in [-0.2, 0) is 0 Å². The maximum Gasteiger partial charge on any atom is 0.144 e. The van der Waals surface area contributed by atoms with Crippen LogP contribution in [-0.4, -0.2) is 16.5 Å². The number of halogens is 1. The number of nitrogens with one attached hydrogen (secondary N) is 1. The van der Waals surface area contributed by atoms with Crippen LogP contribution in [0.4, 0.5) is 5.82 Å². The summed E-state index contributed by atoms with van der Waals surface area (Å²) in [5.74, 6) is 2.97. The van der Waals surface area contributed by atoms with Gasteiger partial charge < -0.3 is 5.32 Å². The van der Waals surface area contributed by atoms with E-state index in [9.17, 15) is 0 Å². The van der Waals surface area contributed by atoms with Crippen molar-refractivity contribution in [2.45, 2.75) is 58.3 Å². The van der Waals surface area contributed by atoms with Gasteiger partial charge >= 0.3 is 0 Å². The van der Waals surface area contributed by atoms with Gasteiger partial charge in [0.1, 0.15) is 11.6 Å². The van der Waals surface area contributed by atoms with Gasteiger partial charge in [-0.05, 0) is 41.6 Å². The van der Waals surface area contributed by atoms with Gasteiger partial charge in [-0.1, -0.05) is 26.7 Å². The maximum absolute atomic E-state index is 4.80. The van der Waals surface area contributed by atoms with Crippen LogP contribution in [0.1, 0.15) is 69.8 Å². The fourth-order valence-electron chi connectivity index (χ4n) is 2.52. The lowest BCUT2D eigenvalue weighted by molar-refractivity contribution is 0.651. The van der Waals surface area contributed by atoms with Crippen LogP contribution >= 0.6 is 15.9 Å². The van der Waals surface area contributed by atoms with E-state index >= 15 is 0 Å². The molecule has 100 valence electrons. The van der Waals surface area contributed by atoms with Crippen LogP contribution in [0.2, 0.25) is 0 Å². The van der Waals surface area contributed by atoms with Gasteiger partial charge in [-0.3, -0.25) is 0 Å². The van der Waals surface area contributed by atoms with Crippen molar-refractivity contribution in [3.63, 3.8) is 0 Å². The first-order valence-electron chi connectivity index (χ1n) is 6.94. The van der Waals surface area contributed by atoms with Crippen LogP contribution in [0.25, 0.3) is 0 Å². The van der Waals surface area contributed by atoms with Crippen molar-refractivity contribution >= 4 is 21.7 Å². The Balaban J connectivity index is 2.40. The molecular formula is C14H22BrN3. The molecule has 4 heteroatoms. The summed E-state index contributed by atoms with van der Waals surface area (Å²) in [6.45, 7) is 7.35. The number of hydrogen-bond donors (Lipinski definition) is 1. The van der Waals surface area contributed by atoms with Crippen molar-refractivity contribution in [2.24, 2.45) is 0 Å². The first-order valence-corrected chi connectivity index (χ1v) is 7.74. The molecule has 0 amide bonds. The lowest BCUT2D eigenvalue weighted by Gasteiger charge is -2.16. The largest absolute Gasteiger partial charge is 0.369 e. The molecule has 18 heavy (non-hydrogen) atoms. The Kier molecular flexibility index (Phi) is 4.60. The van der Waals surface area contributed by atoms with E-state index in [1.54, 1.807) is 0 Å². The second kappa shape index (κ2) is 6.00. The summed E-state index contributed by atoms with van der Waals surface area (Å²) in [6, 6.07) is 0. The summed E-state index contributed by atoms with van der Waals surface area (Å²) in [5, 5.41) is 3.34. The second-order valence-electron chi connectivity index (χ2n) is 5.30. The quantitative estimate of drug-likeness (QED) is 0.892. The minimum atomic E-state index is 0.417. The Labute approximate surface area is 118 Å². The van der Waals surface area contributed by atoms with Gasteiger partial charge in [0.05, 0.1) is 10.2 Å². The van der Waals surface area contributed by atoms with Crippen LogP contribution in [0.5, 0.6) is 0 Å². The molecule has 1 aliphatic carbocycles. The minimum absolute atomic E-state index is 0.417. The van der Waals surface area contributed by atoms with Gasteiger partial charge in [-0.15, -0.1) is 0 Å². The molecule has 0 bridgehead atoms. The predicted octanol–water partition coefficient (Wildman–Crippen LogP) is 4.45. The van der Waals surface area contributed by atoms with Crippen LogP contribution in [0.15, 0.2) is 4.47 Å². The lowest BCUT2D eigenvalue weighted by Crippen LogP contribution is -2.11. The predicted molar refractivity (Wildman–Crippen MR) is 79.2 cm³/mol. The van der Waals surface area contributed by atoms with Gasteiger partial charge in [0.2, 0.25) is 0 Å². The molecule has 0 unspecified atom stereocenters. The summed E-state index contributed by atoms with van der Waals surface area (Å²) >= 11 is 3.64. The van der Waals surface area contributed by atoms with E-state index < -0.39 is 0 Å². The Hall–Kier alpha value is -0.640. The summed E-state index contributed by atoms with van der Waals surface area (Å²) in [6.07, 6.45) is 5.12. The topological polar surface area (TPSA) is 37.8 Å². The molecule has 1 N–H and O–H groups in total. The number of aromatic nitrogens is 2. The molecule has 1 heterocycles. The summed E-state index contributed by atoms with van der Waals surface area (Å²) < 4.78 is 1.03. The minimum Gasteiger partial charge on any atom is -0.369 e. The van der Waals surface area contributed by atoms with E-state index in [0.717, 1.165) is 28.4 Å². The number of anilines is 1. The fraction of sp³-hybridized carbons (Fsp3) is 0.714. The van der Waals surface area contributed by atoms with E-state index in [2.05, 4.69) is 42.0 Å². The zero-order valence-electron chi connectivity index (χ0n) is 11.5. The molecule has 1 fully saturated rings. The Morgan fingerprint density at radius 2 is 1.94 bits per heavy atom. The molecule has 1 aliphatic rings. The average molecular weight is 312 g/mol. The van der Waals surface area contributed by atoms with Gasteiger partial charge in [-0.2, -0.15) is 0 Å². The second-order valence-corrected chi connectivity index (χ2v) is 6.09. The van der Waals surface area contributed by atoms with E-state index in [0.29, 0.717) is 11.8 Å². The monoisotopic (exact) mass is 311 g/mol. The van der Waals surface area contributed by atoms with Crippen molar-refractivity contribution in [3.05, 3.63) is 16.0 Å². The molecule has 1 saturated carbocycles. The molecule has 0 atom stereocenters. The van der Waals surface area contributed by atoms with E-state index in [4.69, 9.17) is 9.97 Å². The highest BCUT2D eigenvalue weighted by Crippen LogP contribution is 2.36. The van der Waals surface area contributed by atoms with Crippen LogP contribution in [0.3, 0.4) is 0 Å². The van der Waals surface area contributed by atoms with Crippen molar-refractivity contribution in [1.29, 1.82) is 0 Å². The van der Waals surface area contributed by atoms with E-state index in [1.165, 1.54) is 25.7 Å². The third-order valence-electron chi connectivity index (χ3n) is 3.51. The van der Waals surface area contributed by atoms with Crippen molar-refractivity contribution in [2.75, 3.05) is 11.9 Å². The highest BCUT2D eigenvalue weighted by atomic mass is 79.9. The van der Waals surface area contributed by atoms with Crippen LogP contribution < -0.4 is 5.32 Å². The highest BCUT2D eigenvalue weighted by Gasteiger charge is 2.23. The SMILES string of the molecule is CCNc1nc(C2CCCC2)nc(C(C)C)c1Br. The van der Waals surface area contributed by atoms with Crippen LogP contribution in [0, 0.1) is 0 Å². The molecule has 0 saturated heterocycles. The molecule has 1 aromatic heterocycles. The molecule has 3 nitrogen and oxygen atoms in total. The van der Waals surface area contributed by atoms with Gasteiger partial charge in [-0.25, -0.2) is 9.97 Å².